The van der Waals surface area contributed by atoms with Crippen LogP contribution < -0.4 is 10.6 Å². The van der Waals surface area contributed by atoms with Gasteiger partial charge in [-0.15, -0.1) is 0 Å². The molecule has 0 amide bonds. The highest BCUT2D eigenvalue weighted by Gasteiger charge is 2.34. The third-order valence-corrected chi connectivity index (χ3v) is 3.57. The van der Waals surface area contributed by atoms with E-state index in [2.05, 4.69) is 14.9 Å². The van der Waals surface area contributed by atoms with E-state index in [0.717, 1.165) is 25.5 Å². The maximum atomic E-state index is 12.7. The summed E-state index contributed by atoms with van der Waals surface area (Å²) in [4.78, 5) is 11.0. The number of anilines is 2. The zero-order valence-electron chi connectivity index (χ0n) is 11.5. The molecule has 2 N–H and O–H groups in total. The smallest absolute Gasteiger partial charge is 0.368 e. The Balaban J connectivity index is 2.17. The zero-order valence-corrected chi connectivity index (χ0v) is 11.5. The van der Waals surface area contributed by atoms with Crippen molar-refractivity contribution in [2.75, 3.05) is 37.8 Å². The lowest BCUT2D eigenvalue weighted by molar-refractivity contribution is -0.141. The van der Waals surface area contributed by atoms with E-state index in [1.165, 1.54) is 0 Å². The molecule has 1 aliphatic heterocycles. The Bertz CT molecular complexity index is 477. The molecular weight excluding hydrogens is 271 g/mol. The molecule has 5 nitrogen and oxygen atoms in total. The minimum atomic E-state index is -4.52. The van der Waals surface area contributed by atoms with E-state index in [1.807, 2.05) is 7.05 Å². The lowest BCUT2D eigenvalue weighted by Gasteiger charge is -2.26. The summed E-state index contributed by atoms with van der Waals surface area (Å²) in [5, 5.41) is 0. The van der Waals surface area contributed by atoms with Gasteiger partial charge in [0.25, 0.3) is 0 Å². The zero-order chi connectivity index (χ0) is 14.9. The van der Waals surface area contributed by atoms with Crippen LogP contribution in [-0.2, 0) is 6.18 Å². The number of alkyl halides is 3. The van der Waals surface area contributed by atoms with Crippen LogP contribution in [0.1, 0.15) is 18.5 Å². The molecule has 1 aromatic heterocycles. The highest BCUT2D eigenvalue weighted by molar-refractivity contribution is 5.43. The molecule has 1 fully saturated rings. The van der Waals surface area contributed by atoms with Crippen molar-refractivity contribution in [1.29, 1.82) is 0 Å². The second kappa shape index (κ2) is 5.43. The van der Waals surface area contributed by atoms with Gasteiger partial charge in [0.15, 0.2) is 5.69 Å². The first-order valence-corrected chi connectivity index (χ1v) is 6.40. The Hall–Kier alpha value is -1.57. The standard InChI is InChI=1S/C12H18F3N5/c1-19-5-3-4-8(19)7-20(2)10-6-9(12(13,14)15)17-11(16)18-10/h6,8H,3-5,7H2,1-2H3,(H2,16,17,18). The van der Waals surface area contributed by atoms with Crippen LogP contribution in [-0.4, -0.2) is 48.1 Å². The molecule has 0 aromatic carbocycles. The van der Waals surface area contributed by atoms with Crippen LogP contribution in [0.15, 0.2) is 6.07 Å². The van der Waals surface area contributed by atoms with Crippen LogP contribution in [0, 0.1) is 0 Å². The molecular formula is C12H18F3N5. The number of likely N-dealkylation sites (tertiary alicyclic amines) is 1. The Labute approximate surface area is 115 Å². The monoisotopic (exact) mass is 289 g/mol. The number of nitrogens with two attached hydrogens (primary N) is 1. The predicted molar refractivity (Wildman–Crippen MR) is 70.4 cm³/mol. The van der Waals surface area contributed by atoms with Crippen molar-refractivity contribution in [3.05, 3.63) is 11.8 Å². The molecule has 0 bridgehead atoms. The summed E-state index contributed by atoms with van der Waals surface area (Å²) in [6, 6.07) is 1.26. The molecule has 2 heterocycles. The van der Waals surface area contributed by atoms with E-state index < -0.39 is 11.9 Å². The summed E-state index contributed by atoms with van der Waals surface area (Å²) in [5.41, 5.74) is 4.36. The van der Waals surface area contributed by atoms with E-state index in [-0.39, 0.29) is 11.8 Å². The van der Waals surface area contributed by atoms with Gasteiger partial charge in [0, 0.05) is 25.7 Å². The number of aromatic nitrogens is 2. The molecule has 20 heavy (non-hydrogen) atoms. The average Bonchev–Trinajstić information content (AvgIpc) is 2.73. The number of hydrogen-bond acceptors (Lipinski definition) is 5. The maximum Gasteiger partial charge on any atom is 0.433 e. The number of rotatable bonds is 3. The maximum absolute atomic E-state index is 12.7. The minimum absolute atomic E-state index is 0.199. The van der Waals surface area contributed by atoms with Gasteiger partial charge in [-0.3, -0.25) is 0 Å². The highest BCUT2D eigenvalue weighted by atomic mass is 19.4. The van der Waals surface area contributed by atoms with Gasteiger partial charge in [0.2, 0.25) is 5.95 Å². The molecule has 1 aromatic rings. The number of nitrogen functional groups attached to an aromatic ring is 1. The Morgan fingerprint density at radius 3 is 2.70 bits per heavy atom. The summed E-state index contributed by atoms with van der Waals surface area (Å²) in [6.45, 7) is 1.63. The largest absolute Gasteiger partial charge is 0.433 e. The third kappa shape index (κ3) is 3.30. The van der Waals surface area contributed by atoms with Crippen LogP contribution in [0.5, 0.6) is 0 Å². The van der Waals surface area contributed by atoms with Crippen molar-refractivity contribution in [2.24, 2.45) is 0 Å². The van der Waals surface area contributed by atoms with Crippen LogP contribution in [0.2, 0.25) is 0 Å². The molecule has 0 radical (unpaired) electrons. The lowest BCUT2D eigenvalue weighted by atomic mass is 10.2. The van der Waals surface area contributed by atoms with Gasteiger partial charge in [-0.2, -0.15) is 18.2 Å². The molecule has 8 heteroatoms. The minimum Gasteiger partial charge on any atom is -0.368 e. The van der Waals surface area contributed by atoms with Crippen molar-refractivity contribution < 1.29 is 13.2 Å². The second-order valence-corrected chi connectivity index (χ2v) is 5.12. The Morgan fingerprint density at radius 2 is 2.15 bits per heavy atom. The van der Waals surface area contributed by atoms with Gasteiger partial charge < -0.3 is 15.5 Å². The quantitative estimate of drug-likeness (QED) is 0.916. The summed E-state index contributed by atoms with van der Waals surface area (Å²) < 4.78 is 38.1. The fraction of sp³-hybridized carbons (Fsp3) is 0.667. The van der Waals surface area contributed by atoms with Crippen molar-refractivity contribution in [2.45, 2.75) is 25.1 Å². The van der Waals surface area contributed by atoms with Crippen LogP contribution in [0.3, 0.4) is 0 Å². The average molecular weight is 289 g/mol. The first-order valence-electron chi connectivity index (χ1n) is 6.40. The third-order valence-electron chi connectivity index (χ3n) is 3.57. The van der Waals surface area contributed by atoms with E-state index in [1.54, 1.807) is 11.9 Å². The second-order valence-electron chi connectivity index (χ2n) is 5.12. The van der Waals surface area contributed by atoms with Gasteiger partial charge in [0.1, 0.15) is 5.82 Å². The fourth-order valence-electron chi connectivity index (χ4n) is 2.41. The van der Waals surface area contributed by atoms with Crippen LogP contribution >= 0.6 is 0 Å². The van der Waals surface area contributed by atoms with Crippen molar-refractivity contribution in [1.82, 2.24) is 14.9 Å². The SMILES string of the molecule is CN(CC1CCCN1C)c1cc(C(F)(F)F)nc(N)n1. The van der Waals surface area contributed by atoms with E-state index in [4.69, 9.17) is 5.73 Å². The summed E-state index contributed by atoms with van der Waals surface area (Å²) in [7, 11) is 3.73. The first kappa shape index (κ1) is 14.8. The fourth-order valence-corrected chi connectivity index (χ4v) is 2.41. The highest BCUT2D eigenvalue weighted by Crippen LogP contribution is 2.30. The Morgan fingerprint density at radius 1 is 1.45 bits per heavy atom. The summed E-state index contributed by atoms with van der Waals surface area (Å²) in [5.74, 6) is -0.161. The first-order chi connectivity index (χ1) is 9.27. The van der Waals surface area contributed by atoms with Gasteiger partial charge in [-0.25, -0.2) is 4.98 Å². The van der Waals surface area contributed by atoms with Gasteiger partial charge in [0.05, 0.1) is 0 Å². The van der Waals surface area contributed by atoms with Crippen molar-refractivity contribution >= 4 is 11.8 Å². The Kier molecular flexibility index (Phi) is 4.03. The number of hydrogen-bond donors (Lipinski definition) is 1. The summed E-state index contributed by atoms with van der Waals surface area (Å²) in [6.07, 6.45) is -2.38. The number of likely N-dealkylation sites (N-methyl/N-ethyl adjacent to an activating group) is 2. The van der Waals surface area contributed by atoms with Crippen molar-refractivity contribution in [3.8, 4) is 0 Å². The van der Waals surface area contributed by atoms with Crippen LogP contribution in [0.25, 0.3) is 0 Å². The molecule has 0 saturated carbocycles. The van der Waals surface area contributed by atoms with E-state index >= 15 is 0 Å². The molecule has 1 atom stereocenters. The molecule has 1 unspecified atom stereocenters. The number of nitrogens with zero attached hydrogens (tertiary/aromatic N) is 4. The molecule has 0 spiro atoms. The van der Waals surface area contributed by atoms with E-state index in [0.29, 0.717) is 12.6 Å². The predicted octanol–water partition coefficient (Wildman–Crippen LogP) is 1.61. The molecule has 1 saturated heterocycles. The number of halogens is 3. The lowest BCUT2D eigenvalue weighted by Crippen LogP contribution is -2.37. The van der Waals surface area contributed by atoms with Gasteiger partial charge in [-0.1, -0.05) is 0 Å². The van der Waals surface area contributed by atoms with Crippen molar-refractivity contribution in [3.63, 3.8) is 0 Å². The normalized spacial score (nSPS) is 20.4. The molecule has 2 rings (SSSR count). The molecule has 0 aliphatic carbocycles. The molecule has 1 aliphatic rings. The van der Waals surface area contributed by atoms with Gasteiger partial charge >= 0.3 is 6.18 Å². The van der Waals surface area contributed by atoms with E-state index in [9.17, 15) is 13.2 Å². The summed E-state index contributed by atoms with van der Waals surface area (Å²) >= 11 is 0. The topological polar surface area (TPSA) is 58.3 Å². The van der Waals surface area contributed by atoms with Crippen LogP contribution in [0.4, 0.5) is 24.9 Å². The molecule has 112 valence electrons. The van der Waals surface area contributed by atoms with Gasteiger partial charge in [-0.05, 0) is 26.4 Å².